The summed E-state index contributed by atoms with van der Waals surface area (Å²) in [5.74, 6) is 2.29. The van der Waals surface area contributed by atoms with Crippen LogP contribution in [0.5, 0.6) is 0 Å². The molecule has 0 radical (unpaired) electrons. The van der Waals surface area contributed by atoms with Gasteiger partial charge in [0.15, 0.2) is 0 Å². The lowest BCUT2D eigenvalue weighted by molar-refractivity contribution is 0.982. The summed E-state index contributed by atoms with van der Waals surface area (Å²) >= 11 is 1.90. The van der Waals surface area contributed by atoms with E-state index in [4.69, 9.17) is 0 Å². The summed E-state index contributed by atoms with van der Waals surface area (Å²) in [6, 6.07) is 0. The minimum Gasteiger partial charge on any atom is -0.311 e. The molecule has 0 aromatic rings. The zero-order valence-corrected chi connectivity index (χ0v) is 6.36. The van der Waals surface area contributed by atoms with Gasteiger partial charge in [-0.2, -0.15) is 0 Å². The van der Waals surface area contributed by atoms with Crippen LogP contribution < -0.4 is 5.32 Å². The predicted molar refractivity (Wildman–Crippen MR) is 39.3 cm³/mol. The monoisotopic (exact) mass is 141 g/mol. The Kier molecular flexibility index (Phi) is 14.8. The Morgan fingerprint density at radius 1 is 1.57 bits per heavy atom. The van der Waals surface area contributed by atoms with Gasteiger partial charge in [0.05, 0.1) is 0 Å². The van der Waals surface area contributed by atoms with Gasteiger partial charge in [-0.15, -0.1) is 24.2 Å². The quantitative estimate of drug-likeness (QED) is 0.470. The van der Waals surface area contributed by atoms with Crippen LogP contribution in [0.2, 0.25) is 0 Å². The van der Waals surface area contributed by atoms with Crippen molar-refractivity contribution >= 4 is 24.2 Å². The lowest BCUT2D eigenvalue weighted by atomic mass is 11.0. The summed E-state index contributed by atoms with van der Waals surface area (Å²) in [5, 5.41) is 3.03. The van der Waals surface area contributed by atoms with E-state index >= 15 is 0 Å². The van der Waals surface area contributed by atoms with Crippen LogP contribution in [0.3, 0.4) is 0 Å². The number of rotatable bonds is 3. The Balaban J connectivity index is 0. The van der Waals surface area contributed by atoms with Crippen molar-refractivity contribution in [2.75, 3.05) is 18.7 Å². The van der Waals surface area contributed by atoms with Gasteiger partial charge in [0.25, 0.3) is 0 Å². The van der Waals surface area contributed by atoms with E-state index in [1.807, 2.05) is 18.8 Å². The molecule has 1 nitrogen and oxygen atoms in total. The molecule has 0 aromatic carbocycles. The molecule has 7 heavy (non-hydrogen) atoms. The van der Waals surface area contributed by atoms with Gasteiger partial charge in [-0.05, 0) is 12.8 Å². The van der Waals surface area contributed by atoms with E-state index in [0.29, 0.717) is 0 Å². The molecular weight excluding hydrogens is 130 g/mol. The third-order valence-electron chi connectivity index (χ3n) is 0.451. The van der Waals surface area contributed by atoms with Gasteiger partial charge in [-0.1, -0.05) is 6.92 Å². The second kappa shape index (κ2) is 9.78. The molecule has 0 atom stereocenters. The van der Waals surface area contributed by atoms with E-state index in [0.717, 1.165) is 5.88 Å². The van der Waals surface area contributed by atoms with Crippen LogP contribution in [0.15, 0.2) is 0 Å². The van der Waals surface area contributed by atoms with Gasteiger partial charge < -0.3 is 5.32 Å². The molecule has 0 rings (SSSR count). The molecule has 3 heteroatoms. The highest BCUT2D eigenvalue weighted by Crippen LogP contribution is 1.91. The summed E-state index contributed by atoms with van der Waals surface area (Å²) in [6.45, 7) is 2.15. The van der Waals surface area contributed by atoms with Crippen molar-refractivity contribution < 1.29 is 0 Å². The number of hydrogen-bond acceptors (Lipinski definition) is 2. The van der Waals surface area contributed by atoms with Gasteiger partial charge in [-0.3, -0.25) is 0 Å². The standard InChI is InChI=1S/C4H11NS.ClH/c1-3-6-4-5-2;/h5H,3-4H2,1-2H3;1H. The molecule has 0 aliphatic carbocycles. The molecule has 46 valence electrons. The maximum Gasteiger partial charge on any atom is 0.0415 e. The van der Waals surface area contributed by atoms with Crippen molar-refractivity contribution in [2.24, 2.45) is 0 Å². The van der Waals surface area contributed by atoms with E-state index in [1.165, 1.54) is 5.75 Å². The highest BCUT2D eigenvalue weighted by atomic mass is 35.5. The Morgan fingerprint density at radius 2 is 2.14 bits per heavy atom. The molecule has 0 bridgehead atoms. The molecule has 0 aliphatic heterocycles. The van der Waals surface area contributed by atoms with E-state index in [9.17, 15) is 0 Å². The Morgan fingerprint density at radius 3 is 2.29 bits per heavy atom. The number of halogens is 1. The van der Waals surface area contributed by atoms with Crippen molar-refractivity contribution in [3.8, 4) is 0 Å². The summed E-state index contributed by atoms with van der Waals surface area (Å²) in [7, 11) is 1.96. The molecule has 0 aromatic heterocycles. The minimum atomic E-state index is 0. The minimum absolute atomic E-state index is 0. The normalized spacial score (nSPS) is 7.71. The third-order valence-corrected chi connectivity index (χ3v) is 1.35. The fraction of sp³-hybridized carbons (Fsp3) is 1.00. The molecule has 0 heterocycles. The lowest BCUT2D eigenvalue weighted by Gasteiger charge is -1.90. The Bertz CT molecular complexity index is 23.7. The summed E-state index contributed by atoms with van der Waals surface area (Å²) in [4.78, 5) is 0. The maximum atomic E-state index is 3.03. The number of hydrogen-bond donors (Lipinski definition) is 1. The molecule has 0 saturated carbocycles. The van der Waals surface area contributed by atoms with Gasteiger partial charge in [0.2, 0.25) is 0 Å². The van der Waals surface area contributed by atoms with E-state index in [2.05, 4.69) is 12.2 Å². The number of nitrogens with one attached hydrogen (secondary N) is 1. The molecule has 0 saturated heterocycles. The fourth-order valence-electron chi connectivity index (χ4n) is 0.204. The van der Waals surface area contributed by atoms with Crippen molar-refractivity contribution in [3.63, 3.8) is 0 Å². The van der Waals surface area contributed by atoms with Crippen LogP contribution in [-0.4, -0.2) is 18.7 Å². The van der Waals surface area contributed by atoms with Crippen molar-refractivity contribution in [1.82, 2.24) is 5.32 Å². The van der Waals surface area contributed by atoms with Crippen LogP contribution in [0.1, 0.15) is 6.92 Å². The summed E-state index contributed by atoms with van der Waals surface area (Å²) < 4.78 is 0. The SMILES string of the molecule is CCSCNC.Cl. The largest absolute Gasteiger partial charge is 0.311 e. The second-order valence-electron chi connectivity index (χ2n) is 0.991. The molecule has 0 fully saturated rings. The van der Waals surface area contributed by atoms with Gasteiger partial charge >= 0.3 is 0 Å². The van der Waals surface area contributed by atoms with E-state index in [1.54, 1.807) is 0 Å². The molecule has 1 N–H and O–H groups in total. The van der Waals surface area contributed by atoms with Crippen LogP contribution in [0.4, 0.5) is 0 Å². The fourth-order valence-corrected chi connectivity index (χ4v) is 0.612. The Hall–Kier alpha value is 0.600. The van der Waals surface area contributed by atoms with Gasteiger partial charge in [0, 0.05) is 5.88 Å². The summed E-state index contributed by atoms with van der Waals surface area (Å²) in [6.07, 6.45) is 0. The second-order valence-corrected chi connectivity index (χ2v) is 2.26. The first kappa shape index (κ1) is 10.6. The smallest absolute Gasteiger partial charge is 0.0415 e. The molecule has 0 aliphatic rings. The Labute approximate surface area is 55.7 Å². The molecule has 0 spiro atoms. The highest BCUT2D eigenvalue weighted by molar-refractivity contribution is 7.99. The summed E-state index contributed by atoms with van der Waals surface area (Å²) in [5.41, 5.74) is 0. The first-order valence-electron chi connectivity index (χ1n) is 2.14. The first-order valence-corrected chi connectivity index (χ1v) is 3.29. The first-order chi connectivity index (χ1) is 2.91. The van der Waals surface area contributed by atoms with Crippen molar-refractivity contribution in [1.29, 1.82) is 0 Å². The topological polar surface area (TPSA) is 12.0 Å². The van der Waals surface area contributed by atoms with E-state index in [-0.39, 0.29) is 12.4 Å². The van der Waals surface area contributed by atoms with Crippen LogP contribution in [-0.2, 0) is 0 Å². The zero-order valence-electron chi connectivity index (χ0n) is 4.73. The van der Waals surface area contributed by atoms with Crippen LogP contribution in [0.25, 0.3) is 0 Å². The molecule has 0 unspecified atom stereocenters. The third kappa shape index (κ3) is 10.8. The molecular formula is C4H12ClNS. The zero-order chi connectivity index (χ0) is 4.83. The van der Waals surface area contributed by atoms with Gasteiger partial charge in [0.1, 0.15) is 0 Å². The van der Waals surface area contributed by atoms with Crippen LogP contribution in [0, 0.1) is 0 Å². The molecule has 0 amide bonds. The lowest BCUT2D eigenvalue weighted by Crippen LogP contribution is -2.02. The van der Waals surface area contributed by atoms with Crippen LogP contribution >= 0.6 is 24.2 Å². The predicted octanol–water partition coefficient (Wildman–Crippen LogP) is 1.34. The average molecular weight is 142 g/mol. The van der Waals surface area contributed by atoms with Gasteiger partial charge in [-0.25, -0.2) is 0 Å². The van der Waals surface area contributed by atoms with E-state index < -0.39 is 0 Å². The average Bonchev–Trinajstić information content (AvgIpc) is 1.61. The number of thioether (sulfide) groups is 1. The van der Waals surface area contributed by atoms with Crippen molar-refractivity contribution in [3.05, 3.63) is 0 Å². The maximum absolute atomic E-state index is 3.03. The highest BCUT2D eigenvalue weighted by Gasteiger charge is 1.72. The van der Waals surface area contributed by atoms with Crippen molar-refractivity contribution in [2.45, 2.75) is 6.92 Å².